The van der Waals surface area contributed by atoms with Gasteiger partial charge in [-0.25, -0.2) is 0 Å². The third kappa shape index (κ3) is 3.80. The molecule has 104 valence electrons. The molecule has 1 aromatic rings. The first-order valence-electron chi connectivity index (χ1n) is 7.34. The molecule has 0 spiro atoms. The molecule has 19 heavy (non-hydrogen) atoms. The van der Waals surface area contributed by atoms with Crippen molar-refractivity contribution in [2.24, 2.45) is 0 Å². The molecule has 0 bridgehead atoms. The van der Waals surface area contributed by atoms with Crippen LogP contribution >= 0.6 is 0 Å². The van der Waals surface area contributed by atoms with Crippen molar-refractivity contribution in [1.82, 2.24) is 10.2 Å². The number of carbonyl (C=O) groups is 1. The zero-order valence-electron chi connectivity index (χ0n) is 11.9. The molecule has 1 atom stereocenters. The van der Waals surface area contributed by atoms with Crippen LogP contribution < -0.4 is 5.32 Å². The van der Waals surface area contributed by atoms with Gasteiger partial charge in [-0.3, -0.25) is 4.79 Å². The molecule has 3 nitrogen and oxygen atoms in total. The molecule has 0 aromatic heterocycles. The summed E-state index contributed by atoms with van der Waals surface area (Å²) < 4.78 is 0. The summed E-state index contributed by atoms with van der Waals surface area (Å²) in [5, 5.41) is 3.39. The molecular formula is C16H24N2O. The molecule has 1 aromatic carbocycles. The Kier molecular flexibility index (Phi) is 4.97. The number of nitrogens with zero attached hydrogens (tertiary/aromatic N) is 1. The van der Waals surface area contributed by atoms with Gasteiger partial charge in [0.05, 0.1) is 6.54 Å². The summed E-state index contributed by atoms with van der Waals surface area (Å²) in [4.78, 5) is 14.2. The monoisotopic (exact) mass is 260 g/mol. The Bertz CT molecular complexity index is 400. The van der Waals surface area contributed by atoms with Gasteiger partial charge in [-0.2, -0.15) is 0 Å². The van der Waals surface area contributed by atoms with E-state index in [1.807, 2.05) is 23.1 Å². The fourth-order valence-corrected chi connectivity index (χ4v) is 2.52. The smallest absolute Gasteiger partial charge is 0.236 e. The van der Waals surface area contributed by atoms with Crippen molar-refractivity contribution in [2.45, 2.75) is 45.2 Å². The fourth-order valence-electron chi connectivity index (χ4n) is 2.52. The minimum atomic E-state index is 0.236. The summed E-state index contributed by atoms with van der Waals surface area (Å²) in [5.41, 5.74) is 1.26. The van der Waals surface area contributed by atoms with E-state index in [9.17, 15) is 4.79 Å². The Morgan fingerprint density at radius 3 is 2.53 bits per heavy atom. The zero-order valence-corrected chi connectivity index (χ0v) is 11.9. The van der Waals surface area contributed by atoms with E-state index in [2.05, 4.69) is 31.3 Å². The van der Waals surface area contributed by atoms with E-state index in [0.29, 0.717) is 12.6 Å². The van der Waals surface area contributed by atoms with E-state index in [1.54, 1.807) is 0 Å². The van der Waals surface area contributed by atoms with Crippen LogP contribution in [0.2, 0.25) is 0 Å². The van der Waals surface area contributed by atoms with Crippen molar-refractivity contribution < 1.29 is 4.79 Å². The van der Waals surface area contributed by atoms with Crippen molar-refractivity contribution in [3.8, 4) is 0 Å². The largest absolute Gasteiger partial charge is 0.339 e. The quantitative estimate of drug-likeness (QED) is 0.817. The lowest BCUT2D eigenvalue weighted by Crippen LogP contribution is -2.40. The number of benzene rings is 1. The van der Waals surface area contributed by atoms with Crippen LogP contribution in [0.15, 0.2) is 30.3 Å². The predicted molar refractivity (Wildman–Crippen MR) is 77.9 cm³/mol. The number of rotatable bonds is 7. The van der Waals surface area contributed by atoms with E-state index in [-0.39, 0.29) is 11.9 Å². The van der Waals surface area contributed by atoms with Crippen molar-refractivity contribution in [2.75, 3.05) is 13.1 Å². The average molecular weight is 260 g/mol. The molecule has 0 radical (unpaired) electrons. The van der Waals surface area contributed by atoms with Crippen LogP contribution in [-0.2, 0) is 4.79 Å². The summed E-state index contributed by atoms with van der Waals surface area (Å²) in [7, 11) is 0. The van der Waals surface area contributed by atoms with Crippen LogP contribution in [0.1, 0.15) is 44.7 Å². The second-order valence-corrected chi connectivity index (χ2v) is 5.16. The van der Waals surface area contributed by atoms with Crippen LogP contribution in [-0.4, -0.2) is 29.9 Å². The first-order chi connectivity index (χ1) is 9.26. The average Bonchev–Trinajstić information content (AvgIpc) is 3.26. The number of hydrogen-bond donors (Lipinski definition) is 1. The number of amides is 1. The second-order valence-electron chi connectivity index (χ2n) is 5.16. The van der Waals surface area contributed by atoms with E-state index >= 15 is 0 Å². The van der Waals surface area contributed by atoms with E-state index in [1.165, 1.54) is 18.4 Å². The van der Waals surface area contributed by atoms with Gasteiger partial charge in [0.15, 0.2) is 0 Å². The number of hydrogen-bond acceptors (Lipinski definition) is 2. The Labute approximate surface area is 116 Å². The molecule has 3 heteroatoms. The van der Waals surface area contributed by atoms with E-state index in [0.717, 1.165) is 13.0 Å². The summed E-state index contributed by atoms with van der Waals surface area (Å²) in [5.74, 6) is 0.236. The SMILES string of the molecule is CCC(NCC(=O)N(CC)C1CC1)c1ccccc1. The third-order valence-corrected chi connectivity index (χ3v) is 3.76. The molecule has 1 aliphatic rings. The molecule has 0 saturated heterocycles. The lowest BCUT2D eigenvalue weighted by Gasteiger charge is -2.23. The molecule has 0 heterocycles. The van der Waals surface area contributed by atoms with Gasteiger partial charge in [-0.05, 0) is 31.7 Å². The topological polar surface area (TPSA) is 32.3 Å². The lowest BCUT2D eigenvalue weighted by atomic mass is 10.0. The highest BCUT2D eigenvalue weighted by molar-refractivity contribution is 5.79. The second kappa shape index (κ2) is 6.71. The van der Waals surface area contributed by atoms with Gasteiger partial charge in [0.2, 0.25) is 5.91 Å². The Balaban J connectivity index is 1.87. The van der Waals surface area contributed by atoms with Crippen molar-refractivity contribution in [3.05, 3.63) is 35.9 Å². The molecule has 1 amide bonds. The molecule has 1 aliphatic carbocycles. The molecule has 1 unspecified atom stereocenters. The van der Waals surface area contributed by atoms with Gasteiger partial charge in [0, 0.05) is 18.6 Å². The van der Waals surface area contributed by atoms with Crippen LogP contribution in [0.25, 0.3) is 0 Å². The Hall–Kier alpha value is -1.35. The maximum absolute atomic E-state index is 12.2. The summed E-state index contributed by atoms with van der Waals surface area (Å²) in [6, 6.07) is 11.1. The van der Waals surface area contributed by atoms with Gasteiger partial charge in [-0.1, -0.05) is 37.3 Å². The van der Waals surface area contributed by atoms with Crippen molar-refractivity contribution in [3.63, 3.8) is 0 Å². The number of carbonyl (C=O) groups excluding carboxylic acids is 1. The standard InChI is InChI=1S/C16H24N2O/c1-3-15(13-8-6-5-7-9-13)17-12-16(19)18(4-2)14-10-11-14/h5-9,14-15,17H,3-4,10-12H2,1-2H3. The van der Waals surface area contributed by atoms with Crippen LogP contribution in [0.3, 0.4) is 0 Å². The van der Waals surface area contributed by atoms with Gasteiger partial charge in [-0.15, -0.1) is 0 Å². The van der Waals surface area contributed by atoms with Crippen molar-refractivity contribution >= 4 is 5.91 Å². The molecule has 2 rings (SSSR count). The summed E-state index contributed by atoms with van der Waals surface area (Å²) in [6.45, 7) is 5.48. The highest BCUT2D eigenvalue weighted by atomic mass is 16.2. The zero-order chi connectivity index (χ0) is 13.7. The van der Waals surface area contributed by atoms with E-state index < -0.39 is 0 Å². The Morgan fingerprint density at radius 1 is 1.32 bits per heavy atom. The molecule has 1 fully saturated rings. The number of nitrogens with one attached hydrogen (secondary N) is 1. The van der Waals surface area contributed by atoms with E-state index in [4.69, 9.17) is 0 Å². The first-order valence-corrected chi connectivity index (χ1v) is 7.34. The minimum absolute atomic E-state index is 0.236. The van der Waals surface area contributed by atoms with Gasteiger partial charge < -0.3 is 10.2 Å². The van der Waals surface area contributed by atoms with Crippen LogP contribution in [0.4, 0.5) is 0 Å². The normalized spacial score (nSPS) is 16.1. The minimum Gasteiger partial charge on any atom is -0.339 e. The molecule has 1 N–H and O–H groups in total. The summed E-state index contributed by atoms with van der Waals surface area (Å²) in [6.07, 6.45) is 3.35. The van der Waals surface area contributed by atoms with Crippen LogP contribution in [0, 0.1) is 0 Å². The lowest BCUT2D eigenvalue weighted by molar-refractivity contribution is -0.130. The Morgan fingerprint density at radius 2 is 2.00 bits per heavy atom. The molecule has 0 aliphatic heterocycles. The molecule has 1 saturated carbocycles. The highest BCUT2D eigenvalue weighted by Crippen LogP contribution is 2.26. The van der Waals surface area contributed by atoms with Crippen molar-refractivity contribution in [1.29, 1.82) is 0 Å². The number of likely N-dealkylation sites (N-methyl/N-ethyl adjacent to an activating group) is 1. The fraction of sp³-hybridized carbons (Fsp3) is 0.562. The van der Waals surface area contributed by atoms with Gasteiger partial charge in [0.25, 0.3) is 0 Å². The van der Waals surface area contributed by atoms with Crippen LogP contribution in [0.5, 0.6) is 0 Å². The van der Waals surface area contributed by atoms with Gasteiger partial charge >= 0.3 is 0 Å². The van der Waals surface area contributed by atoms with Gasteiger partial charge in [0.1, 0.15) is 0 Å². The summed E-state index contributed by atoms with van der Waals surface area (Å²) >= 11 is 0. The first kappa shape index (κ1) is 14.1. The highest BCUT2D eigenvalue weighted by Gasteiger charge is 2.31. The maximum atomic E-state index is 12.2. The molecular weight excluding hydrogens is 236 g/mol. The maximum Gasteiger partial charge on any atom is 0.236 e. The third-order valence-electron chi connectivity index (χ3n) is 3.76. The predicted octanol–water partition coefficient (Wildman–Crippen LogP) is 2.74.